The van der Waals surface area contributed by atoms with Gasteiger partial charge in [0.15, 0.2) is 0 Å². The van der Waals surface area contributed by atoms with Crippen molar-refractivity contribution in [3.63, 3.8) is 0 Å². The zero-order valence-corrected chi connectivity index (χ0v) is 19.8. The molecule has 1 aliphatic heterocycles. The molecular formula is C28H28N2O4. The second-order valence-corrected chi connectivity index (χ2v) is 9.21. The van der Waals surface area contributed by atoms with Gasteiger partial charge in [-0.3, -0.25) is 19.5 Å². The SMILES string of the molecule is CCOc1cccc(N2C(=O)C(=O)/C(=C(/O)c3ccncc3)C2c2ccc(C(C)(C)C)cc2)c1. The average molecular weight is 457 g/mol. The van der Waals surface area contributed by atoms with Crippen molar-refractivity contribution in [1.82, 2.24) is 4.98 Å². The van der Waals surface area contributed by atoms with Crippen LogP contribution in [0.5, 0.6) is 5.75 Å². The van der Waals surface area contributed by atoms with Crippen molar-refractivity contribution in [3.8, 4) is 5.75 Å². The highest BCUT2D eigenvalue weighted by Gasteiger charge is 2.47. The van der Waals surface area contributed by atoms with Gasteiger partial charge in [0.25, 0.3) is 11.7 Å². The van der Waals surface area contributed by atoms with Crippen LogP contribution in [0.1, 0.15) is 50.4 Å². The van der Waals surface area contributed by atoms with Gasteiger partial charge in [-0.1, -0.05) is 51.1 Å². The van der Waals surface area contributed by atoms with E-state index in [1.54, 1.807) is 36.4 Å². The van der Waals surface area contributed by atoms with E-state index in [9.17, 15) is 14.7 Å². The molecule has 34 heavy (non-hydrogen) atoms. The first-order valence-corrected chi connectivity index (χ1v) is 11.3. The Morgan fingerprint density at radius 2 is 1.71 bits per heavy atom. The van der Waals surface area contributed by atoms with Crippen molar-refractivity contribution in [1.29, 1.82) is 0 Å². The summed E-state index contributed by atoms with van der Waals surface area (Å²) in [6, 6.07) is 17.3. The summed E-state index contributed by atoms with van der Waals surface area (Å²) in [6.07, 6.45) is 3.06. The van der Waals surface area contributed by atoms with E-state index in [4.69, 9.17) is 4.74 Å². The summed E-state index contributed by atoms with van der Waals surface area (Å²) in [5.41, 5.74) is 2.79. The van der Waals surface area contributed by atoms with Crippen molar-refractivity contribution < 1.29 is 19.4 Å². The lowest BCUT2D eigenvalue weighted by Crippen LogP contribution is -2.29. The van der Waals surface area contributed by atoms with Gasteiger partial charge in [-0.15, -0.1) is 0 Å². The third-order valence-electron chi connectivity index (χ3n) is 5.90. The number of aliphatic hydroxyl groups is 1. The molecule has 0 radical (unpaired) electrons. The average Bonchev–Trinajstić information content (AvgIpc) is 3.09. The maximum Gasteiger partial charge on any atom is 0.300 e. The van der Waals surface area contributed by atoms with Gasteiger partial charge in [-0.25, -0.2) is 0 Å². The van der Waals surface area contributed by atoms with Crippen LogP contribution in [0.3, 0.4) is 0 Å². The molecule has 0 aliphatic carbocycles. The number of carbonyl (C=O) groups is 2. The Balaban J connectivity index is 1.91. The maximum absolute atomic E-state index is 13.3. The fraction of sp³-hybridized carbons (Fsp3) is 0.250. The Morgan fingerprint density at radius 1 is 1.03 bits per heavy atom. The van der Waals surface area contributed by atoms with Crippen molar-refractivity contribution in [2.45, 2.75) is 39.2 Å². The number of aliphatic hydroxyl groups excluding tert-OH is 1. The highest BCUT2D eigenvalue weighted by atomic mass is 16.5. The quantitative estimate of drug-likeness (QED) is 0.316. The number of hydrogen-bond acceptors (Lipinski definition) is 5. The fourth-order valence-electron chi connectivity index (χ4n) is 4.13. The van der Waals surface area contributed by atoms with Gasteiger partial charge in [0, 0.05) is 29.7 Å². The van der Waals surface area contributed by atoms with Gasteiger partial charge in [-0.2, -0.15) is 0 Å². The number of benzene rings is 2. The van der Waals surface area contributed by atoms with Gasteiger partial charge in [0.1, 0.15) is 11.5 Å². The first-order valence-electron chi connectivity index (χ1n) is 11.3. The summed E-state index contributed by atoms with van der Waals surface area (Å²) in [5, 5.41) is 11.2. The van der Waals surface area contributed by atoms with E-state index in [1.165, 1.54) is 17.3 Å². The first-order chi connectivity index (χ1) is 16.2. The second kappa shape index (κ2) is 9.14. The predicted molar refractivity (Wildman–Crippen MR) is 132 cm³/mol. The number of Topliss-reactive ketones (excluding diaryl/α,β-unsaturated/α-hetero) is 1. The monoisotopic (exact) mass is 456 g/mol. The molecule has 0 saturated carbocycles. The molecule has 1 saturated heterocycles. The molecule has 1 fully saturated rings. The molecule has 174 valence electrons. The van der Waals surface area contributed by atoms with Crippen molar-refractivity contribution in [2.24, 2.45) is 0 Å². The van der Waals surface area contributed by atoms with E-state index in [-0.39, 0.29) is 16.7 Å². The Hall–Kier alpha value is -3.93. The summed E-state index contributed by atoms with van der Waals surface area (Å²) < 4.78 is 5.61. The van der Waals surface area contributed by atoms with Gasteiger partial charge in [0.05, 0.1) is 18.2 Å². The predicted octanol–water partition coefficient (Wildman–Crippen LogP) is 5.40. The van der Waals surface area contributed by atoms with Crippen LogP contribution in [-0.2, 0) is 15.0 Å². The molecule has 6 heteroatoms. The number of anilines is 1. The highest BCUT2D eigenvalue weighted by molar-refractivity contribution is 6.51. The van der Waals surface area contributed by atoms with E-state index in [2.05, 4.69) is 25.8 Å². The largest absolute Gasteiger partial charge is 0.507 e. The molecule has 4 rings (SSSR count). The summed E-state index contributed by atoms with van der Waals surface area (Å²) in [5.74, 6) is -1.07. The smallest absolute Gasteiger partial charge is 0.300 e. The molecule has 1 atom stereocenters. The number of carbonyl (C=O) groups excluding carboxylic acids is 2. The van der Waals surface area contributed by atoms with E-state index in [1.807, 2.05) is 31.2 Å². The lowest BCUT2D eigenvalue weighted by molar-refractivity contribution is -0.132. The molecule has 0 bridgehead atoms. The molecule has 1 aromatic heterocycles. The van der Waals surface area contributed by atoms with E-state index in [0.29, 0.717) is 23.6 Å². The Bertz CT molecular complexity index is 1240. The minimum Gasteiger partial charge on any atom is -0.507 e. The molecular weight excluding hydrogens is 428 g/mol. The number of nitrogens with zero attached hydrogens (tertiary/aromatic N) is 2. The maximum atomic E-state index is 13.3. The first kappa shape index (κ1) is 23.2. The topological polar surface area (TPSA) is 79.7 Å². The molecule has 1 N–H and O–H groups in total. The fourth-order valence-corrected chi connectivity index (χ4v) is 4.13. The van der Waals surface area contributed by atoms with Crippen LogP contribution in [0.15, 0.2) is 78.6 Å². The van der Waals surface area contributed by atoms with Crippen LogP contribution >= 0.6 is 0 Å². The highest BCUT2D eigenvalue weighted by Crippen LogP contribution is 2.43. The third kappa shape index (κ3) is 4.31. The molecule has 2 heterocycles. The van der Waals surface area contributed by atoms with Crippen LogP contribution in [0.25, 0.3) is 5.76 Å². The van der Waals surface area contributed by atoms with Crippen LogP contribution in [-0.4, -0.2) is 28.4 Å². The molecule has 3 aromatic rings. The zero-order valence-electron chi connectivity index (χ0n) is 19.8. The molecule has 6 nitrogen and oxygen atoms in total. The van der Waals surface area contributed by atoms with Gasteiger partial charge in [-0.05, 0) is 47.7 Å². The van der Waals surface area contributed by atoms with Crippen LogP contribution in [0.2, 0.25) is 0 Å². The normalized spacial score (nSPS) is 17.8. The van der Waals surface area contributed by atoms with Crippen molar-refractivity contribution in [2.75, 3.05) is 11.5 Å². The van der Waals surface area contributed by atoms with Crippen LogP contribution < -0.4 is 9.64 Å². The summed E-state index contributed by atoms with van der Waals surface area (Å²) in [6.45, 7) is 8.72. The molecule has 1 amide bonds. The number of ketones is 1. The lowest BCUT2D eigenvalue weighted by Gasteiger charge is -2.27. The number of rotatable bonds is 5. The molecule has 1 aliphatic rings. The van der Waals surface area contributed by atoms with Crippen molar-refractivity contribution in [3.05, 3.63) is 95.3 Å². The summed E-state index contributed by atoms with van der Waals surface area (Å²) in [7, 11) is 0. The summed E-state index contributed by atoms with van der Waals surface area (Å²) >= 11 is 0. The Morgan fingerprint density at radius 3 is 2.32 bits per heavy atom. The van der Waals surface area contributed by atoms with Gasteiger partial charge >= 0.3 is 0 Å². The lowest BCUT2D eigenvalue weighted by atomic mass is 9.85. The van der Waals surface area contributed by atoms with Crippen LogP contribution in [0.4, 0.5) is 5.69 Å². The number of pyridine rings is 1. The Labute approximate surface area is 199 Å². The number of ether oxygens (including phenoxy) is 1. The Kier molecular flexibility index (Phi) is 6.24. The van der Waals surface area contributed by atoms with E-state index < -0.39 is 17.7 Å². The molecule has 2 aromatic carbocycles. The van der Waals surface area contributed by atoms with Gasteiger partial charge in [0.2, 0.25) is 0 Å². The zero-order chi connectivity index (χ0) is 24.5. The standard InChI is InChI=1S/C28H28N2O4/c1-5-34-22-8-6-7-21(17-22)30-24(18-9-11-20(12-10-18)28(2,3)4)23(26(32)27(30)33)25(31)19-13-15-29-16-14-19/h6-17,24,31H,5H2,1-4H3/b25-23+. The van der Waals surface area contributed by atoms with E-state index in [0.717, 1.165) is 11.1 Å². The second-order valence-electron chi connectivity index (χ2n) is 9.21. The van der Waals surface area contributed by atoms with Crippen LogP contribution in [0, 0.1) is 0 Å². The number of hydrogen-bond donors (Lipinski definition) is 1. The van der Waals surface area contributed by atoms with Gasteiger partial charge < -0.3 is 9.84 Å². The third-order valence-corrected chi connectivity index (χ3v) is 5.90. The summed E-state index contributed by atoms with van der Waals surface area (Å²) in [4.78, 5) is 32.0. The molecule has 0 spiro atoms. The number of aromatic nitrogens is 1. The van der Waals surface area contributed by atoms with Crippen molar-refractivity contribution >= 4 is 23.1 Å². The molecule has 1 unspecified atom stereocenters. The van der Waals surface area contributed by atoms with E-state index >= 15 is 0 Å². The minimum atomic E-state index is -0.793. The number of amides is 1. The minimum absolute atomic E-state index is 0.0431.